The summed E-state index contributed by atoms with van der Waals surface area (Å²) in [5.41, 5.74) is 4.93. The van der Waals surface area contributed by atoms with Gasteiger partial charge in [0.2, 0.25) is 0 Å². The van der Waals surface area contributed by atoms with E-state index in [9.17, 15) is 17.3 Å². The first-order chi connectivity index (χ1) is 13.9. The first-order valence-electron chi connectivity index (χ1n) is 10.8. The summed E-state index contributed by atoms with van der Waals surface area (Å²) in [6.45, 7) is 0. The van der Waals surface area contributed by atoms with E-state index in [1.807, 2.05) is 0 Å². The smallest absolute Gasteiger partial charge is 0.418 e. The molecule has 0 unspecified atom stereocenters. The maximum Gasteiger partial charge on any atom is 0.673 e. The summed E-state index contributed by atoms with van der Waals surface area (Å²) in [6, 6.07) is 15.7. The standard InChI is InChI=1S/C22H30NP.BF4/c1-4-11-19(12-5-1)23-18-10-17-22(23)24(20-13-6-2-7-14-20)21-15-8-3-9-16-21;2-1(3,4)5/h1,4-5,10-12,17-18,20-21H,2-3,6-9,13-16H2;/q;-1. The van der Waals surface area contributed by atoms with E-state index in [4.69, 9.17) is 0 Å². The Hall–Kier alpha value is -1.29. The zero-order valence-corrected chi connectivity index (χ0v) is 17.7. The Kier molecular flexibility index (Phi) is 8.23. The van der Waals surface area contributed by atoms with Crippen molar-refractivity contribution >= 4 is 20.6 Å². The molecule has 7 heteroatoms. The van der Waals surface area contributed by atoms with E-state index in [0.717, 1.165) is 11.3 Å². The molecule has 0 N–H and O–H groups in total. The highest BCUT2D eigenvalue weighted by atomic mass is 31.1. The minimum atomic E-state index is -6.00. The minimum Gasteiger partial charge on any atom is -0.418 e. The van der Waals surface area contributed by atoms with Crippen molar-refractivity contribution in [3.05, 3.63) is 48.7 Å². The molecule has 4 rings (SSSR count). The maximum atomic E-state index is 9.75. The molecular weight excluding hydrogens is 396 g/mol. The second kappa shape index (κ2) is 10.7. The summed E-state index contributed by atoms with van der Waals surface area (Å²) in [5, 5.41) is 0. The molecule has 1 aromatic heterocycles. The van der Waals surface area contributed by atoms with Gasteiger partial charge in [-0.05, 0) is 61.3 Å². The van der Waals surface area contributed by atoms with E-state index in [1.165, 1.54) is 69.9 Å². The number of hydrogen-bond acceptors (Lipinski definition) is 0. The fraction of sp³-hybridized carbons (Fsp3) is 0.545. The Morgan fingerprint density at radius 1 is 0.690 bits per heavy atom. The monoisotopic (exact) mass is 426 g/mol. The van der Waals surface area contributed by atoms with Crippen LogP contribution in [0.4, 0.5) is 17.3 Å². The number of halogens is 4. The number of rotatable bonds is 4. The van der Waals surface area contributed by atoms with Gasteiger partial charge in [-0.2, -0.15) is 0 Å². The highest BCUT2D eigenvalue weighted by Gasteiger charge is 2.33. The van der Waals surface area contributed by atoms with Crippen LogP contribution in [0.3, 0.4) is 0 Å². The lowest BCUT2D eigenvalue weighted by Crippen LogP contribution is -2.29. The van der Waals surface area contributed by atoms with Crippen LogP contribution in [-0.4, -0.2) is 23.1 Å². The molecule has 2 aromatic rings. The molecule has 0 aliphatic heterocycles. The van der Waals surface area contributed by atoms with Gasteiger partial charge in [0.05, 0.1) is 0 Å². The fourth-order valence-electron chi connectivity index (χ4n) is 4.78. The largest absolute Gasteiger partial charge is 0.673 e. The third-order valence-electron chi connectivity index (χ3n) is 5.96. The number of nitrogens with zero attached hydrogens (tertiary/aromatic N) is 1. The number of benzene rings is 1. The van der Waals surface area contributed by atoms with Crippen LogP contribution in [0.5, 0.6) is 0 Å². The lowest BCUT2D eigenvalue weighted by atomic mass is 9.99. The second-order valence-corrected chi connectivity index (χ2v) is 10.8. The summed E-state index contributed by atoms with van der Waals surface area (Å²) < 4.78 is 41.5. The Morgan fingerprint density at radius 2 is 1.17 bits per heavy atom. The molecule has 2 aliphatic carbocycles. The molecule has 0 amide bonds. The molecular formula is C22H30BF4NP-. The summed E-state index contributed by atoms with van der Waals surface area (Å²) >= 11 is 0. The van der Waals surface area contributed by atoms with Crippen molar-refractivity contribution in [1.82, 2.24) is 4.57 Å². The first kappa shape index (κ1) is 22.4. The maximum absolute atomic E-state index is 9.75. The lowest BCUT2D eigenvalue weighted by molar-refractivity contribution is 0.368. The number of aromatic nitrogens is 1. The average Bonchev–Trinajstić information content (AvgIpc) is 3.19. The Morgan fingerprint density at radius 3 is 1.66 bits per heavy atom. The molecule has 0 bridgehead atoms. The van der Waals surface area contributed by atoms with Crippen LogP contribution < -0.4 is 5.44 Å². The van der Waals surface area contributed by atoms with Gasteiger partial charge >= 0.3 is 7.25 Å². The van der Waals surface area contributed by atoms with Gasteiger partial charge < -0.3 is 21.8 Å². The number of para-hydroxylation sites is 1. The van der Waals surface area contributed by atoms with E-state index in [0.29, 0.717) is 0 Å². The van der Waals surface area contributed by atoms with E-state index >= 15 is 0 Å². The molecule has 1 heterocycles. The highest BCUT2D eigenvalue weighted by Crippen LogP contribution is 2.55. The van der Waals surface area contributed by atoms with Crippen LogP contribution in [0.15, 0.2) is 48.7 Å². The van der Waals surface area contributed by atoms with Crippen LogP contribution in [-0.2, 0) is 0 Å². The van der Waals surface area contributed by atoms with Gasteiger partial charge in [-0.15, -0.1) is 0 Å². The quantitative estimate of drug-likeness (QED) is 0.270. The first-order valence-corrected chi connectivity index (χ1v) is 12.3. The van der Waals surface area contributed by atoms with Gasteiger partial charge in [-0.1, -0.05) is 64.6 Å². The van der Waals surface area contributed by atoms with Crippen LogP contribution in [0.2, 0.25) is 0 Å². The summed E-state index contributed by atoms with van der Waals surface area (Å²) in [7, 11) is -6.04. The molecule has 2 aliphatic rings. The number of hydrogen-bond donors (Lipinski definition) is 0. The van der Waals surface area contributed by atoms with Crippen molar-refractivity contribution in [3.8, 4) is 5.69 Å². The van der Waals surface area contributed by atoms with Gasteiger partial charge in [0, 0.05) is 17.3 Å². The van der Waals surface area contributed by atoms with Gasteiger partial charge in [-0.3, -0.25) is 0 Å². The molecule has 1 nitrogen and oxygen atoms in total. The molecule has 2 saturated carbocycles. The van der Waals surface area contributed by atoms with Crippen molar-refractivity contribution in [2.75, 3.05) is 0 Å². The van der Waals surface area contributed by atoms with Gasteiger partial charge in [0.15, 0.2) is 0 Å². The topological polar surface area (TPSA) is 4.93 Å². The minimum absolute atomic E-state index is 0.0365. The Balaban J connectivity index is 0.000000431. The normalized spacial score (nSPS) is 19.1. The molecule has 0 spiro atoms. The fourth-order valence-corrected chi connectivity index (χ4v) is 8.66. The lowest BCUT2D eigenvalue weighted by Gasteiger charge is -2.39. The molecule has 0 atom stereocenters. The predicted octanol–water partition coefficient (Wildman–Crippen LogP) is 7.55. The van der Waals surface area contributed by atoms with Crippen LogP contribution in [0.1, 0.15) is 64.2 Å². The van der Waals surface area contributed by atoms with Gasteiger partial charge in [0.25, 0.3) is 0 Å². The summed E-state index contributed by atoms with van der Waals surface area (Å²) in [5.74, 6) is 0. The molecule has 1 aromatic carbocycles. The Labute approximate surface area is 172 Å². The third-order valence-corrected chi connectivity index (χ3v) is 9.46. The van der Waals surface area contributed by atoms with Crippen LogP contribution in [0, 0.1) is 0 Å². The van der Waals surface area contributed by atoms with E-state index in [2.05, 4.69) is 53.2 Å². The molecule has 29 heavy (non-hydrogen) atoms. The third kappa shape index (κ3) is 6.88. The molecule has 0 saturated heterocycles. The molecule has 0 radical (unpaired) electrons. The van der Waals surface area contributed by atoms with Crippen molar-refractivity contribution in [3.63, 3.8) is 0 Å². The van der Waals surface area contributed by atoms with Gasteiger partial charge in [0.1, 0.15) is 0 Å². The molecule has 2 fully saturated rings. The van der Waals surface area contributed by atoms with Crippen molar-refractivity contribution < 1.29 is 17.3 Å². The van der Waals surface area contributed by atoms with Crippen molar-refractivity contribution in [2.24, 2.45) is 0 Å². The predicted molar refractivity (Wildman–Crippen MR) is 116 cm³/mol. The van der Waals surface area contributed by atoms with Crippen molar-refractivity contribution in [2.45, 2.75) is 75.5 Å². The zero-order valence-electron chi connectivity index (χ0n) is 16.8. The Bertz CT molecular complexity index is 698. The summed E-state index contributed by atoms with van der Waals surface area (Å²) in [4.78, 5) is 0. The van der Waals surface area contributed by atoms with Crippen molar-refractivity contribution in [1.29, 1.82) is 0 Å². The van der Waals surface area contributed by atoms with Crippen LogP contribution in [0.25, 0.3) is 5.69 Å². The highest BCUT2D eigenvalue weighted by molar-refractivity contribution is 7.66. The average molecular weight is 426 g/mol. The molecule has 160 valence electrons. The van der Waals surface area contributed by atoms with E-state index in [-0.39, 0.29) is 7.92 Å². The second-order valence-electron chi connectivity index (χ2n) is 8.06. The van der Waals surface area contributed by atoms with Crippen LogP contribution >= 0.6 is 7.92 Å². The van der Waals surface area contributed by atoms with E-state index in [1.54, 1.807) is 5.44 Å². The van der Waals surface area contributed by atoms with E-state index < -0.39 is 7.25 Å². The SMILES string of the molecule is F[B-](F)(F)F.c1ccc(-n2cccc2P(C2CCCCC2)C2CCCCC2)cc1. The zero-order chi connectivity index (χ0) is 20.7. The summed E-state index contributed by atoms with van der Waals surface area (Å²) in [6.07, 6.45) is 17.0. The van der Waals surface area contributed by atoms with Gasteiger partial charge in [-0.25, -0.2) is 0 Å².